The second-order valence-corrected chi connectivity index (χ2v) is 7.59. The van der Waals surface area contributed by atoms with E-state index in [2.05, 4.69) is 10.6 Å². The van der Waals surface area contributed by atoms with Gasteiger partial charge in [0.1, 0.15) is 17.8 Å². The molecule has 8 heteroatoms. The number of amides is 4. The zero-order valence-electron chi connectivity index (χ0n) is 18.7. The fourth-order valence-electron chi connectivity index (χ4n) is 3.33. The summed E-state index contributed by atoms with van der Waals surface area (Å²) in [7, 11) is 1.51. The summed E-state index contributed by atoms with van der Waals surface area (Å²) in [4.78, 5) is 54.4. The van der Waals surface area contributed by atoms with Crippen LogP contribution in [0.3, 0.4) is 0 Å². The highest BCUT2D eigenvalue weighted by atomic mass is 16.2. The third kappa shape index (κ3) is 6.16. The van der Waals surface area contributed by atoms with Crippen molar-refractivity contribution in [1.82, 2.24) is 20.4 Å². The van der Waals surface area contributed by atoms with E-state index in [0.29, 0.717) is 6.42 Å². The first-order valence-corrected chi connectivity index (χ1v) is 10.7. The van der Waals surface area contributed by atoms with Crippen molar-refractivity contribution in [2.75, 3.05) is 20.1 Å². The van der Waals surface area contributed by atoms with Crippen molar-refractivity contribution in [3.63, 3.8) is 0 Å². The van der Waals surface area contributed by atoms with E-state index in [-0.39, 0.29) is 24.7 Å². The fourth-order valence-corrected chi connectivity index (χ4v) is 3.33. The van der Waals surface area contributed by atoms with Crippen LogP contribution in [0.25, 0.3) is 6.08 Å². The van der Waals surface area contributed by atoms with E-state index in [1.54, 1.807) is 19.9 Å². The average molecular weight is 429 g/mol. The highest BCUT2D eigenvalue weighted by Crippen LogP contribution is 2.16. The van der Waals surface area contributed by atoms with Gasteiger partial charge in [-0.05, 0) is 31.9 Å². The topological polar surface area (TPSA) is 98.8 Å². The summed E-state index contributed by atoms with van der Waals surface area (Å²) in [6.07, 6.45) is 3.66. The van der Waals surface area contributed by atoms with Gasteiger partial charge in [-0.3, -0.25) is 19.2 Å². The summed E-state index contributed by atoms with van der Waals surface area (Å²) in [5.41, 5.74) is 0.885. The van der Waals surface area contributed by atoms with Gasteiger partial charge in [-0.1, -0.05) is 50.1 Å². The molecule has 2 N–H and O–H groups in total. The van der Waals surface area contributed by atoms with Crippen LogP contribution in [0.4, 0.5) is 0 Å². The lowest BCUT2D eigenvalue weighted by Crippen LogP contribution is -2.56. The minimum absolute atomic E-state index is 0.138. The maximum atomic E-state index is 13.5. The smallest absolute Gasteiger partial charge is 0.268 e. The van der Waals surface area contributed by atoms with Crippen LogP contribution in [0.2, 0.25) is 0 Å². The van der Waals surface area contributed by atoms with Crippen LogP contribution >= 0.6 is 0 Å². The Bertz CT molecular complexity index is 837. The molecular formula is C23H32N4O4. The molecule has 4 amide bonds. The predicted octanol–water partition coefficient (Wildman–Crippen LogP) is 1.53. The van der Waals surface area contributed by atoms with Crippen LogP contribution in [0.5, 0.6) is 0 Å². The number of hydrogen-bond acceptors (Lipinski definition) is 4. The first-order valence-electron chi connectivity index (χ1n) is 10.7. The lowest BCUT2D eigenvalue weighted by Gasteiger charge is -2.32. The summed E-state index contributed by atoms with van der Waals surface area (Å²) >= 11 is 0. The average Bonchev–Trinajstić information content (AvgIpc) is 2.78. The Balaban J connectivity index is 2.52. The third-order valence-corrected chi connectivity index (χ3v) is 5.42. The van der Waals surface area contributed by atoms with E-state index in [4.69, 9.17) is 0 Å². The lowest BCUT2D eigenvalue weighted by atomic mass is 10.1. The van der Waals surface area contributed by atoms with Crippen molar-refractivity contribution in [2.24, 2.45) is 0 Å². The highest BCUT2D eigenvalue weighted by molar-refractivity contribution is 6.04. The van der Waals surface area contributed by atoms with Crippen molar-refractivity contribution in [3.8, 4) is 0 Å². The van der Waals surface area contributed by atoms with Crippen LogP contribution in [0.1, 0.15) is 45.6 Å². The van der Waals surface area contributed by atoms with E-state index >= 15 is 0 Å². The summed E-state index contributed by atoms with van der Waals surface area (Å²) in [5.74, 6) is -1.66. The number of nitrogens with zero attached hydrogens (tertiary/aromatic N) is 2. The second kappa shape index (κ2) is 11.3. The molecule has 0 saturated carbocycles. The maximum Gasteiger partial charge on any atom is 0.268 e. The number of unbranched alkanes of at least 4 members (excludes halogenated alkanes) is 1. The molecule has 0 aliphatic carbocycles. The summed E-state index contributed by atoms with van der Waals surface area (Å²) in [6.45, 7) is 5.34. The SMILES string of the molecule is CCCC[C@@H]1NC(=O)[C@H](C)N(C)C(=O)CNC(=O)/C(=C/c2ccccc2)N(CC)C1=O. The summed E-state index contributed by atoms with van der Waals surface area (Å²) in [6, 6.07) is 7.62. The Morgan fingerprint density at radius 1 is 1.10 bits per heavy atom. The largest absolute Gasteiger partial charge is 0.343 e. The van der Waals surface area contributed by atoms with E-state index in [0.717, 1.165) is 18.4 Å². The van der Waals surface area contributed by atoms with Crippen molar-refractivity contribution < 1.29 is 19.2 Å². The van der Waals surface area contributed by atoms with E-state index in [9.17, 15) is 19.2 Å². The molecule has 0 spiro atoms. The molecule has 1 fully saturated rings. The third-order valence-electron chi connectivity index (χ3n) is 5.42. The number of likely N-dealkylation sites (N-methyl/N-ethyl adjacent to an activating group) is 2. The zero-order chi connectivity index (χ0) is 23.0. The lowest BCUT2D eigenvalue weighted by molar-refractivity contribution is -0.142. The number of rotatable bonds is 5. The van der Waals surface area contributed by atoms with Crippen LogP contribution in [-0.4, -0.2) is 65.6 Å². The van der Waals surface area contributed by atoms with Gasteiger partial charge in [0.05, 0.1) is 6.54 Å². The Morgan fingerprint density at radius 2 is 1.77 bits per heavy atom. The standard InChI is InChI=1S/C23H32N4O4/c1-5-7-13-18-23(31)27(6-2)19(14-17-11-9-8-10-12-17)22(30)24-15-20(28)26(4)16(3)21(29)25-18/h8-12,14,16,18H,5-7,13,15H2,1-4H3,(H,24,30)(H,25,29)/b19-14-/t16-,18-/m0/s1. The van der Waals surface area contributed by atoms with Crippen LogP contribution in [-0.2, 0) is 19.2 Å². The fraction of sp³-hybridized carbons (Fsp3) is 0.478. The summed E-state index contributed by atoms with van der Waals surface area (Å²) < 4.78 is 0. The Morgan fingerprint density at radius 3 is 2.39 bits per heavy atom. The van der Waals surface area contributed by atoms with E-state index < -0.39 is 29.8 Å². The molecule has 0 bridgehead atoms. The van der Waals surface area contributed by atoms with Gasteiger partial charge in [0.25, 0.3) is 5.91 Å². The first kappa shape index (κ1) is 24.1. The van der Waals surface area contributed by atoms with Crippen LogP contribution in [0.15, 0.2) is 36.0 Å². The number of carbonyl (C=O) groups is 4. The molecule has 31 heavy (non-hydrogen) atoms. The minimum Gasteiger partial charge on any atom is -0.343 e. The molecule has 0 unspecified atom stereocenters. The molecule has 1 saturated heterocycles. The van der Waals surface area contributed by atoms with Gasteiger partial charge in [0.2, 0.25) is 17.7 Å². The molecule has 1 aromatic rings. The van der Waals surface area contributed by atoms with Gasteiger partial charge in [-0.25, -0.2) is 0 Å². The van der Waals surface area contributed by atoms with Crippen LogP contribution in [0, 0.1) is 0 Å². The van der Waals surface area contributed by atoms with E-state index in [1.165, 1.54) is 16.8 Å². The van der Waals surface area contributed by atoms with Gasteiger partial charge in [-0.2, -0.15) is 0 Å². The molecule has 1 aliphatic rings. The molecule has 0 aromatic heterocycles. The Hall–Kier alpha value is -3.16. The molecule has 8 nitrogen and oxygen atoms in total. The molecular weight excluding hydrogens is 396 g/mol. The van der Waals surface area contributed by atoms with Gasteiger partial charge in [-0.15, -0.1) is 0 Å². The molecule has 0 radical (unpaired) electrons. The van der Waals surface area contributed by atoms with Gasteiger partial charge >= 0.3 is 0 Å². The maximum absolute atomic E-state index is 13.5. The zero-order valence-corrected chi connectivity index (χ0v) is 18.7. The van der Waals surface area contributed by atoms with E-state index in [1.807, 2.05) is 37.3 Å². The Labute approximate surface area is 183 Å². The van der Waals surface area contributed by atoms with Crippen molar-refractivity contribution in [3.05, 3.63) is 41.6 Å². The molecule has 168 valence electrons. The predicted molar refractivity (Wildman–Crippen MR) is 119 cm³/mol. The number of hydrogen-bond donors (Lipinski definition) is 2. The van der Waals surface area contributed by atoms with Crippen LogP contribution < -0.4 is 10.6 Å². The first-order chi connectivity index (χ1) is 14.8. The quantitative estimate of drug-likeness (QED) is 0.695. The van der Waals surface area contributed by atoms with Crippen molar-refractivity contribution >= 4 is 29.7 Å². The molecule has 2 rings (SSSR count). The van der Waals surface area contributed by atoms with Crippen molar-refractivity contribution in [1.29, 1.82) is 0 Å². The normalized spacial score (nSPS) is 22.6. The monoisotopic (exact) mass is 428 g/mol. The second-order valence-electron chi connectivity index (χ2n) is 7.59. The number of benzene rings is 1. The van der Waals surface area contributed by atoms with Crippen molar-refractivity contribution in [2.45, 2.75) is 52.1 Å². The minimum atomic E-state index is -0.787. The van der Waals surface area contributed by atoms with Gasteiger partial charge < -0.3 is 20.4 Å². The van der Waals surface area contributed by atoms with Gasteiger partial charge in [0, 0.05) is 13.6 Å². The number of carbonyl (C=O) groups excluding carboxylic acids is 4. The summed E-state index contributed by atoms with van der Waals surface area (Å²) in [5, 5.41) is 5.41. The van der Waals surface area contributed by atoms with Gasteiger partial charge in [0.15, 0.2) is 0 Å². The molecule has 2 atom stereocenters. The molecule has 1 heterocycles. The highest BCUT2D eigenvalue weighted by Gasteiger charge is 2.33. The molecule has 1 aliphatic heterocycles. The Kier molecular flexibility index (Phi) is 8.78. The molecule has 1 aromatic carbocycles. The number of nitrogens with one attached hydrogen (secondary N) is 2.